The van der Waals surface area contributed by atoms with Gasteiger partial charge < -0.3 is 5.11 Å². The van der Waals surface area contributed by atoms with E-state index >= 15 is 0 Å². The van der Waals surface area contributed by atoms with Crippen LogP contribution in [0.4, 0.5) is 4.48 Å². The van der Waals surface area contributed by atoms with E-state index in [2.05, 4.69) is 0 Å². The fraction of sp³-hybridized carbons (Fsp3) is 0. The summed E-state index contributed by atoms with van der Waals surface area (Å²) < 4.78 is 11.5. The van der Waals surface area contributed by atoms with Crippen molar-refractivity contribution in [3.8, 4) is 5.75 Å². The number of rotatable bonds is 1. The number of amides is 1. The largest absolute Gasteiger partial charge is 0.507 e. The van der Waals surface area contributed by atoms with Crippen molar-refractivity contribution in [3.63, 3.8) is 0 Å². The third-order valence-corrected chi connectivity index (χ3v) is 1.23. The summed E-state index contributed by atoms with van der Waals surface area (Å²) in [6.07, 6.45) is 0. The van der Waals surface area contributed by atoms with Gasteiger partial charge in [-0.25, -0.2) is 0 Å². The van der Waals surface area contributed by atoms with Crippen LogP contribution in [0.1, 0.15) is 10.4 Å². The normalized spacial score (nSPS) is 9.18. The van der Waals surface area contributed by atoms with E-state index in [9.17, 15) is 9.28 Å². The van der Waals surface area contributed by atoms with E-state index in [0.29, 0.717) is 0 Å². The van der Waals surface area contributed by atoms with E-state index in [1.807, 2.05) is 0 Å². The Bertz CT molecular complexity index is 275. The average Bonchev–Trinajstić information content (AvgIpc) is 2.04. The number of para-hydroxylation sites is 1. The Kier molecular flexibility index (Phi) is 2.06. The number of phenolic OH excluding ortho intramolecular Hbond substituents is 1. The second-order valence-corrected chi connectivity index (χ2v) is 1.94. The van der Waals surface area contributed by atoms with Crippen molar-refractivity contribution in [2.75, 3.05) is 0 Å². The Morgan fingerprint density at radius 1 is 1.45 bits per heavy atom. The fourth-order valence-corrected chi connectivity index (χ4v) is 0.717. The molecule has 1 aromatic rings. The number of hydrogen-bond acceptors (Lipinski definition) is 2. The van der Waals surface area contributed by atoms with Crippen LogP contribution >= 0.6 is 0 Å². The number of halogens is 1. The highest BCUT2D eigenvalue weighted by atomic mass is 19.2. The van der Waals surface area contributed by atoms with Crippen LogP contribution in [0.5, 0.6) is 5.75 Å². The van der Waals surface area contributed by atoms with Crippen molar-refractivity contribution in [2.24, 2.45) is 0 Å². The van der Waals surface area contributed by atoms with E-state index in [0.717, 1.165) is 5.54 Å². The Labute approximate surface area is 62.4 Å². The smallest absolute Gasteiger partial charge is 0.282 e. The number of hydrogen-bond donors (Lipinski definition) is 2. The van der Waals surface area contributed by atoms with Gasteiger partial charge in [0.05, 0.1) is 5.56 Å². The fourth-order valence-electron chi connectivity index (χ4n) is 0.717. The third-order valence-electron chi connectivity index (χ3n) is 1.23. The number of nitrogens with one attached hydrogen (secondary N) is 1. The maximum Gasteiger partial charge on any atom is 0.282 e. The highest BCUT2D eigenvalue weighted by Gasteiger charge is 2.07. The zero-order valence-corrected chi connectivity index (χ0v) is 5.54. The summed E-state index contributed by atoms with van der Waals surface area (Å²) in [5, 5.41) is 8.98. The van der Waals surface area contributed by atoms with Crippen LogP contribution in [0.3, 0.4) is 0 Å². The molecule has 0 heterocycles. The molecule has 0 aliphatic heterocycles. The molecule has 0 saturated carbocycles. The van der Waals surface area contributed by atoms with Gasteiger partial charge in [-0.3, -0.25) is 4.79 Å². The molecule has 0 bridgehead atoms. The standard InChI is InChI=1S/C7H6FNO2/c8-9-7(11)5-3-1-2-4-6(5)10/h1-4,10H,(H,9,11). The monoisotopic (exact) mass is 155 g/mol. The van der Waals surface area contributed by atoms with Crippen LogP contribution in [-0.2, 0) is 0 Å². The van der Waals surface area contributed by atoms with Crippen molar-refractivity contribution in [2.45, 2.75) is 0 Å². The number of phenols is 1. The molecule has 0 aliphatic rings. The minimum absolute atomic E-state index is 0.0741. The molecular weight excluding hydrogens is 149 g/mol. The summed E-state index contributed by atoms with van der Waals surface area (Å²) in [6.45, 7) is 0. The molecule has 0 aliphatic carbocycles. The molecule has 0 unspecified atom stereocenters. The zero-order valence-electron chi connectivity index (χ0n) is 5.54. The van der Waals surface area contributed by atoms with Crippen LogP contribution in [0.25, 0.3) is 0 Å². The minimum atomic E-state index is -0.942. The molecule has 0 saturated heterocycles. The van der Waals surface area contributed by atoms with Gasteiger partial charge in [-0.1, -0.05) is 16.6 Å². The highest BCUT2D eigenvalue weighted by molar-refractivity contribution is 5.95. The van der Waals surface area contributed by atoms with Gasteiger partial charge in [0.2, 0.25) is 0 Å². The molecule has 0 fully saturated rings. The molecule has 4 heteroatoms. The van der Waals surface area contributed by atoms with Gasteiger partial charge in [0, 0.05) is 0 Å². The SMILES string of the molecule is O=C(NF)c1ccccc1O. The highest BCUT2D eigenvalue weighted by Crippen LogP contribution is 2.14. The number of benzene rings is 1. The van der Waals surface area contributed by atoms with Gasteiger partial charge in [0.1, 0.15) is 5.75 Å². The number of carbonyl (C=O) groups excluding carboxylic acids is 1. The van der Waals surface area contributed by atoms with Gasteiger partial charge in [-0.15, -0.1) is 0 Å². The number of carbonyl (C=O) groups is 1. The lowest BCUT2D eigenvalue weighted by molar-refractivity contribution is 0.0856. The van der Waals surface area contributed by atoms with Crippen LogP contribution in [0.15, 0.2) is 24.3 Å². The van der Waals surface area contributed by atoms with Crippen molar-refractivity contribution >= 4 is 5.91 Å². The van der Waals surface area contributed by atoms with Crippen molar-refractivity contribution < 1.29 is 14.4 Å². The Morgan fingerprint density at radius 2 is 2.09 bits per heavy atom. The summed E-state index contributed by atoms with van der Waals surface area (Å²) in [4.78, 5) is 10.6. The summed E-state index contributed by atoms with van der Waals surface area (Å²) in [6, 6.07) is 5.71. The second kappa shape index (κ2) is 3.01. The van der Waals surface area contributed by atoms with E-state index in [-0.39, 0.29) is 11.3 Å². The molecule has 0 atom stereocenters. The lowest BCUT2D eigenvalue weighted by atomic mass is 10.2. The first kappa shape index (κ1) is 7.53. The maximum absolute atomic E-state index is 11.5. The predicted octanol–water partition coefficient (Wildman–Crippen LogP) is 1.01. The quantitative estimate of drug-likeness (QED) is 0.594. The minimum Gasteiger partial charge on any atom is -0.507 e. The van der Waals surface area contributed by atoms with Crippen LogP contribution in [-0.4, -0.2) is 11.0 Å². The molecule has 2 N–H and O–H groups in total. The molecule has 0 spiro atoms. The summed E-state index contributed by atoms with van der Waals surface area (Å²) in [5.41, 5.74) is 0.849. The van der Waals surface area contributed by atoms with Crippen LogP contribution in [0.2, 0.25) is 0 Å². The summed E-state index contributed by atoms with van der Waals surface area (Å²) >= 11 is 0. The van der Waals surface area contributed by atoms with Gasteiger partial charge in [-0.2, -0.15) is 5.54 Å². The first-order chi connectivity index (χ1) is 5.25. The Balaban J connectivity index is 3.03. The lowest BCUT2D eigenvalue weighted by Crippen LogP contribution is -2.13. The Hall–Kier alpha value is -1.58. The second-order valence-electron chi connectivity index (χ2n) is 1.94. The first-order valence-corrected chi connectivity index (χ1v) is 2.94. The molecule has 1 rings (SSSR count). The van der Waals surface area contributed by atoms with Gasteiger partial charge in [-0.05, 0) is 12.1 Å². The van der Waals surface area contributed by atoms with E-state index in [1.165, 1.54) is 18.2 Å². The van der Waals surface area contributed by atoms with E-state index in [4.69, 9.17) is 5.11 Å². The molecule has 3 nitrogen and oxygen atoms in total. The lowest BCUT2D eigenvalue weighted by Gasteiger charge is -1.98. The number of aromatic hydroxyl groups is 1. The average molecular weight is 155 g/mol. The van der Waals surface area contributed by atoms with Crippen LogP contribution < -0.4 is 5.54 Å². The molecule has 1 amide bonds. The first-order valence-electron chi connectivity index (χ1n) is 2.94. The molecule has 0 radical (unpaired) electrons. The van der Waals surface area contributed by atoms with Crippen molar-refractivity contribution in [1.29, 1.82) is 0 Å². The summed E-state index contributed by atoms with van der Waals surface area (Å²) in [5.74, 6) is -1.18. The van der Waals surface area contributed by atoms with E-state index in [1.54, 1.807) is 6.07 Å². The van der Waals surface area contributed by atoms with Gasteiger partial charge >= 0.3 is 0 Å². The van der Waals surface area contributed by atoms with Gasteiger partial charge in [0.25, 0.3) is 5.91 Å². The topological polar surface area (TPSA) is 49.3 Å². The maximum atomic E-state index is 11.5. The van der Waals surface area contributed by atoms with Crippen molar-refractivity contribution in [1.82, 2.24) is 5.54 Å². The zero-order chi connectivity index (χ0) is 8.27. The predicted molar refractivity (Wildman–Crippen MR) is 36.7 cm³/mol. The molecule has 0 aromatic heterocycles. The summed E-state index contributed by atoms with van der Waals surface area (Å²) in [7, 11) is 0. The van der Waals surface area contributed by atoms with E-state index < -0.39 is 5.91 Å². The van der Waals surface area contributed by atoms with Gasteiger partial charge in [0.15, 0.2) is 0 Å². The van der Waals surface area contributed by atoms with Crippen LogP contribution in [0, 0.1) is 0 Å². The molecule has 1 aromatic carbocycles. The molecule has 58 valence electrons. The Morgan fingerprint density at radius 3 is 2.64 bits per heavy atom. The van der Waals surface area contributed by atoms with Crippen molar-refractivity contribution in [3.05, 3.63) is 29.8 Å². The molecule has 11 heavy (non-hydrogen) atoms. The molecular formula is C7H6FNO2. The third kappa shape index (κ3) is 1.46.